The Morgan fingerprint density at radius 3 is 2.42 bits per heavy atom. The average Bonchev–Trinajstić information content (AvgIpc) is 3.25. The molecule has 1 aromatic carbocycles. The molecule has 138 valence electrons. The van der Waals surface area contributed by atoms with Crippen molar-refractivity contribution in [3.05, 3.63) is 34.4 Å². The van der Waals surface area contributed by atoms with Gasteiger partial charge in [0.25, 0.3) is 0 Å². The lowest BCUT2D eigenvalue weighted by Crippen LogP contribution is -2.48. The molecule has 9 heteroatoms. The molecular formula is C17H18Cl2N4O3. The highest BCUT2D eigenvalue weighted by Gasteiger charge is 2.40. The number of halogens is 2. The van der Waals surface area contributed by atoms with Crippen LogP contribution in [-0.4, -0.2) is 57.9 Å². The average molecular weight is 397 g/mol. The fraction of sp³-hybridized carbons (Fsp3) is 0.471. The van der Waals surface area contributed by atoms with Crippen LogP contribution < -0.4 is 0 Å². The lowest BCUT2D eigenvalue weighted by molar-refractivity contribution is -0.187. The van der Waals surface area contributed by atoms with E-state index in [4.69, 9.17) is 32.7 Å². The van der Waals surface area contributed by atoms with Gasteiger partial charge < -0.3 is 14.4 Å². The predicted octanol–water partition coefficient (Wildman–Crippen LogP) is 2.62. The molecule has 2 saturated heterocycles. The quantitative estimate of drug-likeness (QED) is 0.797. The molecule has 0 bridgehead atoms. The molecule has 1 aromatic heterocycles. The first-order valence-electron chi connectivity index (χ1n) is 8.45. The third kappa shape index (κ3) is 3.71. The van der Waals surface area contributed by atoms with Crippen molar-refractivity contribution in [2.75, 3.05) is 26.3 Å². The summed E-state index contributed by atoms with van der Waals surface area (Å²) < 4.78 is 12.9. The summed E-state index contributed by atoms with van der Waals surface area (Å²) in [6.45, 7) is 2.62. The van der Waals surface area contributed by atoms with Gasteiger partial charge in [-0.1, -0.05) is 28.4 Å². The van der Waals surface area contributed by atoms with E-state index in [1.165, 1.54) is 4.68 Å². The van der Waals surface area contributed by atoms with E-state index in [1.807, 2.05) is 4.90 Å². The number of hydrogen-bond acceptors (Lipinski definition) is 5. The van der Waals surface area contributed by atoms with Crippen LogP contribution in [0.5, 0.6) is 0 Å². The van der Waals surface area contributed by atoms with Crippen LogP contribution in [0.1, 0.15) is 12.8 Å². The van der Waals surface area contributed by atoms with Crippen LogP contribution in [-0.2, 0) is 20.8 Å². The molecule has 2 aromatic rings. The van der Waals surface area contributed by atoms with E-state index in [0.29, 0.717) is 54.9 Å². The molecule has 0 unspecified atom stereocenters. The van der Waals surface area contributed by atoms with Gasteiger partial charge in [0, 0.05) is 41.5 Å². The second kappa shape index (κ2) is 7.15. The van der Waals surface area contributed by atoms with Crippen LogP contribution in [0.15, 0.2) is 24.4 Å². The molecule has 2 aliphatic rings. The number of amides is 1. The molecule has 0 aliphatic carbocycles. The van der Waals surface area contributed by atoms with Gasteiger partial charge in [0.1, 0.15) is 12.2 Å². The van der Waals surface area contributed by atoms with Crippen LogP contribution in [0.25, 0.3) is 11.3 Å². The van der Waals surface area contributed by atoms with Crippen molar-refractivity contribution in [1.29, 1.82) is 0 Å². The number of carbonyl (C=O) groups is 1. The minimum Gasteiger partial charge on any atom is -0.347 e. The standard InChI is InChI=1S/C17H18Cl2N4O3/c18-13-7-12(8-14(19)9-13)15-10-23(21-20-15)11-16(24)22-3-1-17(2-4-22)25-5-6-26-17/h7-10H,1-6,11H2. The van der Waals surface area contributed by atoms with Gasteiger partial charge in [0.2, 0.25) is 5.91 Å². The summed E-state index contributed by atoms with van der Waals surface area (Å²) in [4.78, 5) is 14.4. The smallest absolute Gasteiger partial charge is 0.244 e. The van der Waals surface area contributed by atoms with Crippen LogP contribution in [0.4, 0.5) is 0 Å². The summed E-state index contributed by atoms with van der Waals surface area (Å²) in [6, 6.07) is 5.17. The van der Waals surface area contributed by atoms with Crippen molar-refractivity contribution in [1.82, 2.24) is 19.9 Å². The number of aromatic nitrogens is 3. The number of piperidine rings is 1. The van der Waals surface area contributed by atoms with Crippen LogP contribution in [0.2, 0.25) is 10.0 Å². The highest BCUT2D eigenvalue weighted by Crippen LogP contribution is 2.31. The van der Waals surface area contributed by atoms with E-state index in [9.17, 15) is 4.79 Å². The number of ether oxygens (including phenoxy) is 2. The van der Waals surface area contributed by atoms with Gasteiger partial charge in [0.15, 0.2) is 5.79 Å². The SMILES string of the molecule is O=C(Cn1cc(-c2cc(Cl)cc(Cl)c2)nn1)N1CCC2(CC1)OCCO2. The lowest BCUT2D eigenvalue weighted by Gasteiger charge is -2.37. The van der Waals surface area contributed by atoms with E-state index in [0.717, 1.165) is 5.56 Å². The summed E-state index contributed by atoms with van der Waals surface area (Å²) in [7, 11) is 0. The number of hydrogen-bond donors (Lipinski definition) is 0. The van der Waals surface area contributed by atoms with Gasteiger partial charge >= 0.3 is 0 Å². The highest BCUT2D eigenvalue weighted by atomic mass is 35.5. The second-order valence-corrected chi connectivity index (χ2v) is 7.32. The first kappa shape index (κ1) is 17.7. The Hall–Kier alpha value is -1.67. The van der Waals surface area contributed by atoms with E-state index >= 15 is 0 Å². The Morgan fingerprint density at radius 1 is 1.12 bits per heavy atom. The summed E-state index contributed by atoms with van der Waals surface area (Å²) in [5, 5.41) is 9.20. The molecule has 2 fully saturated rings. The predicted molar refractivity (Wildman–Crippen MR) is 95.9 cm³/mol. The maximum Gasteiger partial charge on any atom is 0.244 e. The molecule has 4 rings (SSSR count). The minimum atomic E-state index is -0.483. The Balaban J connectivity index is 1.39. The third-order valence-corrected chi connectivity index (χ3v) is 5.12. The number of benzene rings is 1. The third-order valence-electron chi connectivity index (χ3n) is 4.69. The lowest BCUT2D eigenvalue weighted by atomic mass is 10.0. The fourth-order valence-corrected chi connectivity index (χ4v) is 3.86. The maximum atomic E-state index is 12.5. The molecule has 2 aliphatic heterocycles. The van der Waals surface area contributed by atoms with Gasteiger partial charge in [0.05, 0.1) is 19.4 Å². The monoisotopic (exact) mass is 396 g/mol. The summed E-state index contributed by atoms with van der Waals surface area (Å²) in [6.07, 6.45) is 3.11. The number of likely N-dealkylation sites (tertiary alicyclic amines) is 1. The summed E-state index contributed by atoms with van der Waals surface area (Å²) in [5.41, 5.74) is 1.38. The normalized spacial score (nSPS) is 19.2. The van der Waals surface area contributed by atoms with Crippen molar-refractivity contribution < 1.29 is 14.3 Å². The highest BCUT2D eigenvalue weighted by molar-refractivity contribution is 6.35. The van der Waals surface area contributed by atoms with Crippen molar-refractivity contribution in [2.45, 2.75) is 25.2 Å². The number of carbonyl (C=O) groups excluding carboxylic acids is 1. The second-order valence-electron chi connectivity index (χ2n) is 6.45. The molecule has 0 N–H and O–H groups in total. The zero-order valence-corrected chi connectivity index (χ0v) is 15.5. The Kier molecular flexibility index (Phi) is 4.88. The van der Waals surface area contributed by atoms with Crippen LogP contribution in [0, 0.1) is 0 Å². The van der Waals surface area contributed by atoms with Gasteiger partial charge in [-0.3, -0.25) is 4.79 Å². The molecular weight excluding hydrogens is 379 g/mol. The number of rotatable bonds is 3. The van der Waals surface area contributed by atoms with Gasteiger partial charge in [-0.05, 0) is 18.2 Å². The summed E-state index contributed by atoms with van der Waals surface area (Å²) >= 11 is 12.0. The Morgan fingerprint density at radius 2 is 1.77 bits per heavy atom. The van der Waals surface area contributed by atoms with Crippen molar-refractivity contribution in [2.24, 2.45) is 0 Å². The van der Waals surface area contributed by atoms with Gasteiger partial charge in [-0.2, -0.15) is 0 Å². The first-order chi connectivity index (χ1) is 12.5. The first-order valence-corrected chi connectivity index (χ1v) is 9.21. The molecule has 3 heterocycles. The van der Waals surface area contributed by atoms with Crippen molar-refractivity contribution in [3.8, 4) is 11.3 Å². The molecule has 7 nitrogen and oxygen atoms in total. The van der Waals surface area contributed by atoms with Gasteiger partial charge in [-0.25, -0.2) is 4.68 Å². The maximum absolute atomic E-state index is 12.5. The summed E-state index contributed by atoms with van der Waals surface area (Å²) in [5.74, 6) is -0.485. The Bertz CT molecular complexity index is 790. The fourth-order valence-electron chi connectivity index (χ4n) is 3.33. The van der Waals surface area contributed by atoms with E-state index in [2.05, 4.69) is 10.3 Å². The van der Waals surface area contributed by atoms with Crippen LogP contribution in [0.3, 0.4) is 0 Å². The van der Waals surface area contributed by atoms with E-state index < -0.39 is 5.79 Å². The molecule has 1 spiro atoms. The molecule has 0 atom stereocenters. The molecule has 1 amide bonds. The Labute approximate surface area is 160 Å². The zero-order chi connectivity index (χ0) is 18.1. The minimum absolute atomic E-state index is 0.00146. The van der Waals surface area contributed by atoms with Crippen molar-refractivity contribution >= 4 is 29.1 Å². The number of nitrogens with zero attached hydrogens (tertiary/aromatic N) is 4. The topological polar surface area (TPSA) is 69.5 Å². The molecule has 0 saturated carbocycles. The zero-order valence-electron chi connectivity index (χ0n) is 14.0. The van der Waals surface area contributed by atoms with Crippen molar-refractivity contribution in [3.63, 3.8) is 0 Å². The van der Waals surface area contributed by atoms with Crippen LogP contribution >= 0.6 is 23.2 Å². The molecule has 0 radical (unpaired) electrons. The molecule has 26 heavy (non-hydrogen) atoms. The largest absolute Gasteiger partial charge is 0.347 e. The van der Waals surface area contributed by atoms with E-state index in [1.54, 1.807) is 24.4 Å². The van der Waals surface area contributed by atoms with E-state index in [-0.39, 0.29) is 12.5 Å². The van der Waals surface area contributed by atoms with Gasteiger partial charge in [-0.15, -0.1) is 5.10 Å².